The molecule has 4 N–H and O–H groups in total. The number of nitrogens with one attached hydrogen (secondary N) is 4. The smallest absolute Gasteiger partial charge is 0.240 e. The Morgan fingerprint density at radius 1 is 1.12 bits per heavy atom. The van der Waals surface area contributed by atoms with E-state index in [0.29, 0.717) is 6.54 Å². The molecule has 1 amide bonds. The van der Waals surface area contributed by atoms with E-state index < -0.39 is 10.0 Å². The van der Waals surface area contributed by atoms with Crippen LogP contribution in [0.2, 0.25) is 0 Å². The first-order valence-corrected chi connectivity index (χ1v) is 12.9. The Kier molecular flexibility index (Phi) is 6.72. The van der Waals surface area contributed by atoms with Gasteiger partial charge in [0.1, 0.15) is 6.17 Å². The van der Waals surface area contributed by atoms with Crippen molar-refractivity contribution < 1.29 is 13.2 Å². The number of carbonyl (C=O) groups is 1. The lowest BCUT2D eigenvalue weighted by Crippen LogP contribution is -2.54. The van der Waals surface area contributed by atoms with Crippen molar-refractivity contribution >= 4 is 21.6 Å². The number of sulfonamides is 1. The number of anilines is 1. The van der Waals surface area contributed by atoms with Crippen molar-refractivity contribution in [1.29, 1.82) is 5.26 Å². The third-order valence-corrected chi connectivity index (χ3v) is 8.27. The van der Waals surface area contributed by atoms with E-state index in [1.54, 1.807) is 38.1 Å². The molecule has 1 saturated carbocycles. The summed E-state index contributed by atoms with van der Waals surface area (Å²) in [5, 5.41) is 18.2. The Morgan fingerprint density at radius 3 is 2.53 bits per heavy atom. The molecule has 1 aromatic rings. The van der Waals surface area contributed by atoms with Crippen molar-refractivity contribution in [1.82, 2.24) is 20.5 Å². The number of hydrogen-bond donors (Lipinski definition) is 4. The third kappa shape index (κ3) is 4.62. The summed E-state index contributed by atoms with van der Waals surface area (Å²) in [5.74, 6) is -0.340. The monoisotopic (exact) mass is 460 g/mol. The molecule has 0 radical (unpaired) electrons. The van der Waals surface area contributed by atoms with Crippen LogP contribution in [0.3, 0.4) is 0 Å². The lowest BCUT2D eigenvalue weighted by molar-refractivity contribution is -0.128. The minimum atomic E-state index is -3.56. The Morgan fingerprint density at radius 2 is 1.84 bits per heavy atom. The van der Waals surface area contributed by atoms with E-state index in [9.17, 15) is 18.5 Å². The minimum Gasteiger partial charge on any atom is -0.368 e. The van der Waals surface area contributed by atoms with Crippen molar-refractivity contribution in [3.05, 3.63) is 24.3 Å². The predicted octanol–water partition coefficient (Wildman–Crippen LogP) is 1.52. The van der Waals surface area contributed by atoms with Gasteiger partial charge in [-0.3, -0.25) is 4.79 Å². The molecule has 2 aliphatic heterocycles. The van der Waals surface area contributed by atoms with Crippen molar-refractivity contribution in [2.75, 3.05) is 11.9 Å². The molecule has 0 aromatic heterocycles. The van der Waals surface area contributed by atoms with Gasteiger partial charge in [0.2, 0.25) is 15.9 Å². The fourth-order valence-electron chi connectivity index (χ4n) is 5.18. The maximum atomic E-state index is 12.8. The van der Waals surface area contributed by atoms with Gasteiger partial charge in [-0.05, 0) is 57.4 Å². The van der Waals surface area contributed by atoms with Gasteiger partial charge in [0.05, 0.1) is 22.8 Å². The Bertz CT molecular complexity index is 974. The SMILES string of the molecule is CC(C)NS(=O)(=O)c1ccc(NC2NN([C@H]3CCCC[C@@H]3C#N)C3CCNC(=O)C23)cc1. The maximum absolute atomic E-state index is 12.8. The van der Waals surface area contributed by atoms with Gasteiger partial charge in [0, 0.05) is 30.4 Å². The average Bonchev–Trinajstić information content (AvgIpc) is 3.12. The molecule has 3 aliphatic rings. The Balaban J connectivity index is 1.53. The van der Waals surface area contributed by atoms with Crippen molar-refractivity contribution in [2.45, 2.75) is 75.1 Å². The fourth-order valence-corrected chi connectivity index (χ4v) is 6.44. The summed E-state index contributed by atoms with van der Waals surface area (Å²) >= 11 is 0. The van der Waals surface area contributed by atoms with Crippen LogP contribution >= 0.6 is 0 Å². The number of carbonyl (C=O) groups excluding carboxylic acids is 1. The Hall–Kier alpha value is -2.19. The quantitative estimate of drug-likeness (QED) is 0.507. The molecule has 10 heteroatoms. The molecular formula is C22H32N6O3S. The summed E-state index contributed by atoms with van der Waals surface area (Å²) < 4.78 is 27.3. The van der Waals surface area contributed by atoms with Crippen molar-refractivity contribution in [2.24, 2.45) is 11.8 Å². The molecule has 4 rings (SSSR count). The molecule has 1 aliphatic carbocycles. The van der Waals surface area contributed by atoms with Crippen LogP contribution in [-0.4, -0.2) is 50.2 Å². The number of rotatable bonds is 6. The van der Waals surface area contributed by atoms with Crippen LogP contribution in [-0.2, 0) is 14.8 Å². The standard InChI is InChI=1S/C22H32N6O3S/c1-14(2)27-32(30,31)17-9-7-16(8-10-17)25-21-20-19(11-12-24-22(20)29)28(26-21)18-6-4-3-5-15(18)13-23/h7-10,14-15,18-21,25-27H,3-6,11-12H2,1-2H3,(H,24,29)/t15-,18+,19?,20?,21?/m1/s1. The summed E-state index contributed by atoms with van der Waals surface area (Å²) in [4.78, 5) is 13.0. The second-order valence-corrected chi connectivity index (χ2v) is 10.9. The van der Waals surface area contributed by atoms with E-state index >= 15 is 0 Å². The summed E-state index contributed by atoms with van der Waals surface area (Å²) in [6.45, 7) is 4.18. The third-order valence-electron chi connectivity index (χ3n) is 6.59. The molecule has 0 bridgehead atoms. The fraction of sp³-hybridized carbons (Fsp3) is 0.636. The number of benzene rings is 1. The summed E-state index contributed by atoms with van der Waals surface area (Å²) in [6.07, 6.45) is 4.48. The van der Waals surface area contributed by atoms with Gasteiger partial charge in [0.25, 0.3) is 0 Å². The number of hydrogen-bond acceptors (Lipinski definition) is 7. The number of nitrogens with zero attached hydrogens (tertiary/aromatic N) is 2. The zero-order valence-corrected chi connectivity index (χ0v) is 19.4. The normalized spacial score (nSPS) is 31.1. The lowest BCUT2D eigenvalue weighted by Gasteiger charge is -2.39. The van der Waals surface area contributed by atoms with E-state index in [2.05, 4.69) is 31.9 Å². The van der Waals surface area contributed by atoms with Crippen molar-refractivity contribution in [3.8, 4) is 6.07 Å². The van der Waals surface area contributed by atoms with Gasteiger partial charge in [-0.1, -0.05) is 12.8 Å². The van der Waals surface area contributed by atoms with Gasteiger partial charge < -0.3 is 10.6 Å². The Labute approximate surface area is 189 Å². The number of fused-ring (bicyclic) bond motifs is 1. The van der Waals surface area contributed by atoms with Gasteiger partial charge in [-0.25, -0.2) is 23.6 Å². The average molecular weight is 461 g/mol. The first kappa shape index (κ1) is 23.0. The number of hydrazine groups is 1. The maximum Gasteiger partial charge on any atom is 0.240 e. The van der Waals surface area contributed by atoms with E-state index in [4.69, 9.17) is 0 Å². The summed E-state index contributed by atoms with van der Waals surface area (Å²) in [6, 6.07) is 8.95. The topological polar surface area (TPSA) is 126 Å². The van der Waals surface area contributed by atoms with E-state index in [-0.39, 0.29) is 46.9 Å². The van der Waals surface area contributed by atoms with Crippen molar-refractivity contribution in [3.63, 3.8) is 0 Å². The van der Waals surface area contributed by atoms with Crippen LogP contribution in [0.4, 0.5) is 5.69 Å². The van der Waals surface area contributed by atoms with Crippen LogP contribution in [0.25, 0.3) is 0 Å². The molecule has 9 nitrogen and oxygen atoms in total. The highest BCUT2D eigenvalue weighted by molar-refractivity contribution is 7.89. The zero-order valence-electron chi connectivity index (χ0n) is 18.5. The molecule has 32 heavy (non-hydrogen) atoms. The zero-order chi connectivity index (χ0) is 22.9. The molecule has 174 valence electrons. The largest absolute Gasteiger partial charge is 0.368 e. The molecule has 2 heterocycles. The number of piperidine rings is 1. The molecule has 1 aromatic carbocycles. The van der Waals surface area contributed by atoms with E-state index in [0.717, 1.165) is 37.8 Å². The van der Waals surface area contributed by atoms with Gasteiger partial charge in [-0.2, -0.15) is 5.26 Å². The van der Waals surface area contributed by atoms with Crippen LogP contribution < -0.4 is 20.8 Å². The van der Waals surface area contributed by atoms with Gasteiger partial charge in [0.15, 0.2) is 0 Å². The van der Waals surface area contributed by atoms with E-state index in [1.807, 2.05) is 0 Å². The van der Waals surface area contributed by atoms with Gasteiger partial charge in [-0.15, -0.1) is 0 Å². The first-order valence-electron chi connectivity index (χ1n) is 11.4. The first-order chi connectivity index (χ1) is 15.3. The van der Waals surface area contributed by atoms with Crippen LogP contribution in [0, 0.1) is 23.2 Å². The van der Waals surface area contributed by atoms with Crippen LogP contribution in [0.15, 0.2) is 29.2 Å². The highest BCUT2D eigenvalue weighted by Gasteiger charge is 2.51. The number of nitriles is 1. The molecule has 3 fully saturated rings. The second-order valence-electron chi connectivity index (χ2n) is 9.22. The molecule has 2 saturated heterocycles. The molecular weight excluding hydrogens is 428 g/mol. The molecule has 3 unspecified atom stereocenters. The van der Waals surface area contributed by atoms with Gasteiger partial charge >= 0.3 is 0 Å². The van der Waals surface area contributed by atoms with Crippen LogP contribution in [0.1, 0.15) is 46.0 Å². The van der Waals surface area contributed by atoms with Crippen LogP contribution in [0.5, 0.6) is 0 Å². The predicted molar refractivity (Wildman–Crippen MR) is 121 cm³/mol. The highest BCUT2D eigenvalue weighted by atomic mass is 32.2. The summed E-state index contributed by atoms with van der Waals surface area (Å²) in [7, 11) is -3.56. The lowest BCUT2D eigenvalue weighted by atomic mass is 9.83. The highest BCUT2D eigenvalue weighted by Crippen LogP contribution is 2.36. The second kappa shape index (κ2) is 9.35. The van der Waals surface area contributed by atoms with E-state index in [1.165, 1.54) is 0 Å². The molecule has 0 spiro atoms. The minimum absolute atomic E-state index is 0.00148. The molecule has 5 atom stereocenters. The number of amides is 1. The summed E-state index contributed by atoms with van der Waals surface area (Å²) in [5.41, 5.74) is 4.22.